The summed E-state index contributed by atoms with van der Waals surface area (Å²) in [6, 6.07) is 1.73. The molecule has 1 aliphatic heterocycles. The number of halogens is 3. The maximum Gasteiger partial charge on any atom is 0.403 e. The van der Waals surface area contributed by atoms with Gasteiger partial charge in [0, 0.05) is 32.4 Å². The molecule has 2 heterocycles. The molecule has 1 atom stereocenters. The Hall–Kier alpha value is -2.03. The first-order valence-electron chi connectivity index (χ1n) is 7.74. The summed E-state index contributed by atoms with van der Waals surface area (Å²) < 4.78 is 43.4. The summed E-state index contributed by atoms with van der Waals surface area (Å²) in [5.41, 5.74) is 0. The zero-order valence-electron chi connectivity index (χ0n) is 13.4. The predicted octanol–water partition coefficient (Wildman–Crippen LogP) is 1.74. The number of carbonyl (C=O) groups is 1. The van der Waals surface area contributed by atoms with Crippen molar-refractivity contribution in [3.05, 3.63) is 24.5 Å². The summed E-state index contributed by atoms with van der Waals surface area (Å²) in [5.74, 6) is 0.613. The first-order chi connectivity index (χ1) is 11.4. The zero-order chi connectivity index (χ0) is 17.6. The molecule has 0 unspecified atom stereocenters. The van der Waals surface area contributed by atoms with Gasteiger partial charge in [-0.05, 0) is 19.1 Å². The summed E-state index contributed by atoms with van der Waals surface area (Å²) in [7, 11) is 0. The molecule has 9 heteroatoms. The average molecular weight is 346 g/mol. The van der Waals surface area contributed by atoms with Gasteiger partial charge in [0.15, 0.2) is 0 Å². The number of urea groups is 1. The van der Waals surface area contributed by atoms with Crippen molar-refractivity contribution in [1.82, 2.24) is 20.1 Å². The third kappa shape index (κ3) is 5.26. The molecule has 0 aliphatic carbocycles. The van der Waals surface area contributed by atoms with E-state index >= 15 is 0 Å². The van der Waals surface area contributed by atoms with Crippen molar-refractivity contribution in [1.29, 1.82) is 0 Å². The number of carbonyl (C=O) groups excluding carboxylic acids is 1. The lowest BCUT2D eigenvalue weighted by Crippen LogP contribution is -2.56. The van der Waals surface area contributed by atoms with E-state index in [1.165, 1.54) is 9.80 Å². The van der Waals surface area contributed by atoms with Crippen molar-refractivity contribution >= 4 is 6.03 Å². The number of alkyl halides is 3. The van der Waals surface area contributed by atoms with E-state index in [1.807, 2.05) is 0 Å². The van der Waals surface area contributed by atoms with Gasteiger partial charge < -0.3 is 15.0 Å². The summed E-state index contributed by atoms with van der Waals surface area (Å²) in [5, 5.41) is 2.70. The fourth-order valence-corrected chi connectivity index (χ4v) is 2.39. The van der Waals surface area contributed by atoms with Crippen molar-refractivity contribution in [3.8, 4) is 5.75 Å². The van der Waals surface area contributed by atoms with Gasteiger partial charge >= 0.3 is 12.2 Å². The van der Waals surface area contributed by atoms with Crippen molar-refractivity contribution in [2.75, 3.05) is 39.3 Å². The lowest BCUT2D eigenvalue weighted by molar-refractivity contribution is -0.181. The molecule has 2 amide bonds. The van der Waals surface area contributed by atoms with E-state index in [2.05, 4.69) is 10.3 Å². The highest BCUT2D eigenvalue weighted by molar-refractivity contribution is 5.74. The second kappa shape index (κ2) is 8.18. The van der Waals surface area contributed by atoms with E-state index in [-0.39, 0.29) is 32.2 Å². The van der Waals surface area contributed by atoms with Crippen LogP contribution >= 0.6 is 0 Å². The number of hydrogen-bond donors (Lipinski definition) is 1. The van der Waals surface area contributed by atoms with E-state index in [9.17, 15) is 18.0 Å². The van der Waals surface area contributed by atoms with Gasteiger partial charge in [-0.25, -0.2) is 4.79 Å². The van der Waals surface area contributed by atoms with Gasteiger partial charge in [-0.2, -0.15) is 13.2 Å². The van der Waals surface area contributed by atoms with Gasteiger partial charge in [-0.15, -0.1) is 0 Å². The monoisotopic (exact) mass is 346 g/mol. The largest absolute Gasteiger partial charge is 0.490 e. The van der Waals surface area contributed by atoms with Crippen LogP contribution in [0.15, 0.2) is 24.5 Å². The SMILES string of the molecule is C[C@@H](N1CCN(C(=O)NCCOc2cccnc2)CC1)C(F)(F)F. The van der Waals surface area contributed by atoms with Crippen LogP contribution in [0.4, 0.5) is 18.0 Å². The van der Waals surface area contributed by atoms with Crippen molar-refractivity contribution in [2.45, 2.75) is 19.1 Å². The Kier molecular flexibility index (Phi) is 6.24. The van der Waals surface area contributed by atoms with Gasteiger partial charge in [0.05, 0.1) is 12.7 Å². The van der Waals surface area contributed by atoms with E-state index < -0.39 is 12.2 Å². The van der Waals surface area contributed by atoms with Crippen LogP contribution in [0, 0.1) is 0 Å². The summed E-state index contributed by atoms with van der Waals surface area (Å²) in [6.07, 6.45) is -1.04. The molecule has 0 saturated carbocycles. The van der Waals surface area contributed by atoms with E-state index in [4.69, 9.17) is 4.74 Å². The minimum absolute atomic E-state index is 0.209. The number of piperazine rings is 1. The number of ether oxygens (including phenoxy) is 1. The smallest absolute Gasteiger partial charge is 0.403 e. The predicted molar refractivity (Wildman–Crippen MR) is 81.8 cm³/mol. The van der Waals surface area contributed by atoms with Crippen LogP contribution in [0.3, 0.4) is 0 Å². The number of aromatic nitrogens is 1. The van der Waals surface area contributed by atoms with E-state index in [1.54, 1.807) is 24.5 Å². The Balaban J connectivity index is 1.66. The van der Waals surface area contributed by atoms with Gasteiger partial charge in [0.1, 0.15) is 18.4 Å². The molecule has 1 saturated heterocycles. The Labute approximate surface area is 138 Å². The normalized spacial score (nSPS) is 17.4. The molecule has 0 bridgehead atoms. The van der Waals surface area contributed by atoms with Crippen molar-refractivity contribution in [2.24, 2.45) is 0 Å². The van der Waals surface area contributed by atoms with Gasteiger partial charge in [-0.1, -0.05) is 0 Å². The highest BCUT2D eigenvalue weighted by atomic mass is 19.4. The molecule has 134 valence electrons. The fraction of sp³-hybridized carbons (Fsp3) is 0.600. The Morgan fingerprint density at radius 2 is 2.08 bits per heavy atom. The molecule has 1 aromatic rings. The summed E-state index contributed by atoms with van der Waals surface area (Å²) >= 11 is 0. The van der Waals surface area contributed by atoms with Crippen LogP contribution in [0.1, 0.15) is 6.92 Å². The molecule has 2 rings (SSSR count). The molecule has 24 heavy (non-hydrogen) atoms. The van der Waals surface area contributed by atoms with Gasteiger partial charge in [0.25, 0.3) is 0 Å². The topological polar surface area (TPSA) is 57.7 Å². The van der Waals surface area contributed by atoms with Gasteiger partial charge in [-0.3, -0.25) is 9.88 Å². The van der Waals surface area contributed by atoms with E-state index in [0.29, 0.717) is 18.9 Å². The standard InChI is InChI=1S/C15H21F3N4O2/c1-12(15(16,17)18)21-6-8-22(9-7-21)14(23)20-5-10-24-13-3-2-4-19-11-13/h2-4,11-12H,5-10H2,1H3,(H,20,23)/t12-/m1/s1. The molecule has 1 aliphatic rings. The molecule has 0 spiro atoms. The highest BCUT2D eigenvalue weighted by Gasteiger charge is 2.41. The second-order valence-electron chi connectivity index (χ2n) is 5.51. The second-order valence-corrected chi connectivity index (χ2v) is 5.51. The maximum absolute atomic E-state index is 12.7. The molecule has 1 fully saturated rings. The highest BCUT2D eigenvalue weighted by Crippen LogP contribution is 2.25. The van der Waals surface area contributed by atoms with Crippen LogP contribution < -0.4 is 10.1 Å². The Morgan fingerprint density at radius 3 is 2.67 bits per heavy atom. The van der Waals surface area contributed by atoms with Crippen LogP contribution in [0.2, 0.25) is 0 Å². The van der Waals surface area contributed by atoms with Crippen LogP contribution in [0.25, 0.3) is 0 Å². The summed E-state index contributed by atoms with van der Waals surface area (Å²) in [6.45, 7) is 2.72. The number of amides is 2. The average Bonchev–Trinajstić information content (AvgIpc) is 2.58. The lowest BCUT2D eigenvalue weighted by Gasteiger charge is -2.38. The fourth-order valence-electron chi connectivity index (χ4n) is 2.39. The van der Waals surface area contributed by atoms with Crippen LogP contribution in [-0.2, 0) is 0 Å². The van der Waals surface area contributed by atoms with Crippen molar-refractivity contribution < 1.29 is 22.7 Å². The Morgan fingerprint density at radius 1 is 1.38 bits per heavy atom. The van der Waals surface area contributed by atoms with Gasteiger partial charge in [0.2, 0.25) is 0 Å². The van der Waals surface area contributed by atoms with E-state index in [0.717, 1.165) is 6.92 Å². The number of hydrogen-bond acceptors (Lipinski definition) is 4. The molecule has 0 aromatic carbocycles. The Bertz CT molecular complexity index is 519. The van der Waals surface area contributed by atoms with Crippen LogP contribution in [-0.4, -0.2) is 72.4 Å². The number of rotatable bonds is 5. The molecule has 0 radical (unpaired) electrons. The first kappa shape index (κ1) is 18.3. The quantitative estimate of drug-likeness (QED) is 0.825. The molecular formula is C15H21F3N4O2. The maximum atomic E-state index is 12.7. The number of nitrogens with zero attached hydrogens (tertiary/aromatic N) is 3. The number of pyridine rings is 1. The number of nitrogens with one attached hydrogen (secondary N) is 1. The molecule has 6 nitrogen and oxygen atoms in total. The molecular weight excluding hydrogens is 325 g/mol. The van der Waals surface area contributed by atoms with Crippen LogP contribution in [0.5, 0.6) is 5.75 Å². The minimum atomic E-state index is -4.24. The third-order valence-corrected chi connectivity index (χ3v) is 3.90. The molecule has 1 N–H and O–H groups in total. The minimum Gasteiger partial charge on any atom is -0.490 e. The molecule has 1 aromatic heterocycles. The lowest BCUT2D eigenvalue weighted by atomic mass is 10.2. The summed E-state index contributed by atoms with van der Waals surface area (Å²) in [4.78, 5) is 18.8. The first-order valence-corrected chi connectivity index (χ1v) is 7.74. The zero-order valence-corrected chi connectivity index (χ0v) is 13.4. The third-order valence-electron chi connectivity index (χ3n) is 3.90. The van der Waals surface area contributed by atoms with Crippen molar-refractivity contribution in [3.63, 3.8) is 0 Å².